The van der Waals surface area contributed by atoms with Crippen LogP contribution in [-0.2, 0) is 0 Å². The van der Waals surface area contributed by atoms with Crippen molar-refractivity contribution in [2.24, 2.45) is 0 Å². The number of hydrogen-bond donors (Lipinski definition) is 1. The van der Waals surface area contributed by atoms with Gasteiger partial charge in [-0.2, -0.15) is 5.26 Å². The molecule has 1 rings (SSSR count). The van der Waals surface area contributed by atoms with Gasteiger partial charge in [0, 0.05) is 0 Å². The number of nitriles is 1. The van der Waals surface area contributed by atoms with Crippen molar-refractivity contribution in [3.8, 4) is 6.19 Å². The zero-order valence-electron chi connectivity index (χ0n) is 4.44. The lowest BCUT2D eigenvalue weighted by molar-refractivity contribution is 1.05. The van der Waals surface area contributed by atoms with Crippen molar-refractivity contribution in [2.45, 2.75) is 0 Å². The first-order chi connectivity index (χ1) is 4.43. The molecule has 0 aliphatic heterocycles. The van der Waals surface area contributed by atoms with E-state index >= 15 is 0 Å². The lowest BCUT2D eigenvalue weighted by Crippen LogP contribution is -1.94. The molecule has 1 aromatic heterocycles. The molecule has 0 amide bonds. The minimum Gasteiger partial charge on any atom is -0.261 e. The molecule has 0 saturated heterocycles. The van der Waals surface area contributed by atoms with Crippen molar-refractivity contribution >= 4 is 5.95 Å². The summed E-state index contributed by atoms with van der Waals surface area (Å²) in [5.74, 6) is 0.271. The second-order valence-corrected chi connectivity index (χ2v) is 1.20. The molecular weight excluding hydrogens is 118 g/mol. The second kappa shape index (κ2) is 2.57. The summed E-state index contributed by atoms with van der Waals surface area (Å²) in [6.45, 7) is 0. The van der Waals surface area contributed by atoms with Gasteiger partial charge in [0.15, 0.2) is 6.19 Å². The summed E-state index contributed by atoms with van der Waals surface area (Å²) in [6.07, 6.45) is 4.31. The topological polar surface area (TPSA) is 74.5 Å². The van der Waals surface area contributed by atoms with Gasteiger partial charge in [0.2, 0.25) is 5.95 Å². The SMILES string of the molecule is N#CNc1ncncn1. The van der Waals surface area contributed by atoms with E-state index in [1.54, 1.807) is 6.19 Å². The Morgan fingerprint density at radius 1 is 1.44 bits per heavy atom. The fourth-order valence-corrected chi connectivity index (χ4v) is 0.354. The molecule has 1 heterocycles. The van der Waals surface area contributed by atoms with Crippen molar-refractivity contribution in [2.75, 3.05) is 5.32 Å². The Morgan fingerprint density at radius 2 is 2.11 bits per heavy atom. The summed E-state index contributed by atoms with van der Waals surface area (Å²) < 4.78 is 0. The van der Waals surface area contributed by atoms with Crippen LogP contribution in [0.5, 0.6) is 0 Å². The van der Waals surface area contributed by atoms with Crippen LogP contribution in [0.25, 0.3) is 0 Å². The maximum atomic E-state index is 8.06. The first kappa shape index (κ1) is 5.44. The monoisotopic (exact) mass is 121 g/mol. The Morgan fingerprint density at radius 3 is 2.67 bits per heavy atom. The van der Waals surface area contributed by atoms with Gasteiger partial charge in [-0.1, -0.05) is 0 Å². The van der Waals surface area contributed by atoms with Gasteiger partial charge >= 0.3 is 0 Å². The third kappa shape index (κ3) is 1.35. The molecule has 0 aliphatic rings. The van der Waals surface area contributed by atoms with Crippen LogP contribution in [0.4, 0.5) is 5.95 Å². The van der Waals surface area contributed by atoms with E-state index in [1.165, 1.54) is 12.7 Å². The molecule has 0 spiro atoms. The molecule has 0 saturated carbocycles. The van der Waals surface area contributed by atoms with Crippen molar-refractivity contribution in [3.63, 3.8) is 0 Å². The van der Waals surface area contributed by atoms with E-state index in [0.717, 1.165) is 0 Å². The highest BCUT2D eigenvalue weighted by atomic mass is 15.1. The van der Waals surface area contributed by atoms with Crippen LogP contribution >= 0.6 is 0 Å². The molecule has 0 radical (unpaired) electrons. The molecule has 0 atom stereocenters. The maximum Gasteiger partial charge on any atom is 0.239 e. The Hall–Kier alpha value is -1.70. The van der Waals surface area contributed by atoms with Gasteiger partial charge in [0.25, 0.3) is 0 Å². The third-order valence-corrected chi connectivity index (χ3v) is 0.661. The summed E-state index contributed by atoms with van der Waals surface area (Å²) in [5.41, 5.74) is 0. The van der Waals surface area contributed by atoms with Gasteiger partial charge in [0.05, 0.1) is 0 Å². The van der Waals surface area contributed by atoms with E-state index in [2.05, 4.69) is 20.3 Å². The Kier molecular flexibility index (Phi) is 1.55. The highest BCUT2D eigenvalue weighted by molar-refractivity contribution is 5.26. The average molecular weight is 121 g/mol. The molecule has 5 nitrogen and oxygen atoms in total. The quantitative estimate of drug-likeness (QED) is 0.410. The van der Waals surface area contributed by atoms with E-state index in [9.17, 15) is 0 Å². The molecule has 44 valence electrons. The Labute approximate surface area is 51.4 Å². The number of aromatic nitrogens is 3. The number of nitrogens with zero attached hydrogens (tertiary/aromatic N) is 4. The largest absolute Gasteiger partial charge is 0.261 e. The van der Waals surface area contributed by atoms with E-state index in [-0.39, 0.29) is 5.95 Å². The number of anilines is 1. The third-order valence-electron chi connectivity index (χ3n) is 0.661. The van der Waals surface area contributed by atoms with Crippen LogP contribution in [0.1, 0.15) is 0 Å². The number of rotatable bonds is 1. The summed E-state index contributed by atoms with van der Waals surface area (Å²) in [5, 5.41) is 10.3. The smallest absolute Gasteiger partial charge is 0.239 e. The van der Waals surface area contributed by atoms with Crippen LogP contribution in [0.15, 0.2) is 12.7 Å². The molecular formula is C4H3N5. The standard InChI is InChI=1S/C4H3N5/c5-1-7-4-8-2-6-3-9-4/h2-3H,(H,6,7,8,9). The fraction of sp³-hybridized carbons (Fsp3) is 0. The van der Waals surface area contributed by atoms with Crippen molar-refractivity contribution in [1.82, 2.24) is 15.0 Å². The molecule has 1 N–H and O–H groups in total. The highest BCUT2D eigenvalue weighted by Gasteiger charge is 1.86. The Balaban J connectivity index is 2.76. The first-order valence-electron chi connectivity index (χ1n) is 2.20. The summed E-state index contributed by atoms with van der Waals surface area (Å²) in [4.78, 5) is 10.8. The second-order valence-electron chi connectivity index (χ2n) is 1.20. The maximum absolute atomic E-state index is 8.06. The normalized spacial score (nSPS) is 7.89. The van der Waals surface area contributed by atoms with Crippen LogP contribution in [0.3, 0.4) is 0 Å². The summed E-state index contributed by atoms with van der Waals surface area (Å²) >= 11 is 0. The van der Waals surface area contributed by atoms with Crippen molar-refractivity contribution in [3.05, 3.63) is 12.7 Å². The van der Waals surface area contributed by atoms with E-state index in [0.29, 0.717) is 0 Å². The van der Waals surface area contributed by atoms with Crippen LogP contribution in [0, 0.1) is 11.5 Å². The van der Waals surface area contributed by atoms with Gasteiger partial charge in [-0.05, 0) is 0 Å². The number of nitrogens with one attached hydrogen (secondary N) is 1. The van der Waals surface area contributed by atoms with E-state index < -0.39 is 0 Å². The van der Waals surface area contributed by atoms with Gasteiger partial charge < -0.3 is 0 Å². The minimum atomic E-state index is 0.271. The van der Waals surface area contributed by atoms with E-state index in [4.69, 9.17) is 5.26 Å². The van der Waals surface area contributed by atoms with Crippen LogP contribution < -0.4 is 5.32 Å². The average Bonchev–Trinajstić information content (AvgIpc) is 1.91. The lowest BCUT2D eigenvalue weighted by Gasteiger charge is -1.88. The minimum absolute atomic E-state index is 0.271. The van der Waals surface area contributed by atoms with Crippen LogP contribution in [-0.4, -0.2) is 15.0 Å². The van der Waals surface area contributed by atoms with Gasteiger partial charge in [-0.15, -0.1) is 0 Å². The lowest BCUT2D eigenvalue weighted by atomic mass is 10.9. The molecule has 0 aliphatic carbocycles. The molecule has 1 aromatic rings. The molecule has 0 bridgehead atoms. The highest BCUT2D eigenvalue weighted by Crippen LogP contribution is 1.87. The predicted octanol–water partition coefficient (Wildman–Crippen LogP) is -0.235. The first-order valence-corrected chi connectivity index (χ1v) is 2.20. The Bertz CT molecular complexity index is 212. The van der Waals surface area contributed by atoms with Gasteiger partial charge in [-0.3, -0.25) is 5.32 Å². The number of hydrogen-bond acceptors (Lipinski definition) is 5. The van der Waals surface area contributed by atoms with Gasteiger partial charge in [0.1, 0.15) is 12.7 Å². The molecule has 5 heteroatoms. The molecule has 0 aromatic carbocycles. The fourth-order valence-electron chi connectivity index (χ4n) is 0.354. The summed E-state index contributed by atoms with van der Waals surface area (Å²) in [6, 6.07) is 0. The van der Waals surface area contributed by atoms with Crippen molar-refractivity contribution in [1.29, 1.82) is 5.26 Å². The molecule has 9 heavy (non-hydrogen) atoms. The van der Waals surface area contributed by atoms with E-state index in [1.807, 2.05) is 0 Å². The molecule has 0 unspecified atom stereocenters. The van der Waals surface area contributed by atoms with Gasteiger partial charge in [-0.25, -0.2) is 15.0 Å². The predicted molar refractivity (Wildman–Crippen MR) is 29.1 cm³/mol. The zero-order chi connectivity index (χ0) is 6.53. The zero-order valence-corrected chi connectivity index (χ0v) is 4.44. The van der Waals surface area contributed by atoms with Crippen molar-refractivity contribution < 1.29 is 0 Å². The van der Waals surface area contributed by atoms with Crippen LogP contribution in [0.2, 0.25) is 0 Å². The summed E-state index contributed by atoms with van der Waals surface area (Å²) in [7, 11) is 0. The molecule has 0 fully saturated rings.